The van der Waals surface area contributed by atoms with Crippen LogP contribution in [0.5, 0.6) is 5.75 Å². The topological polar surface area (TPSA) is 68.3 Å². The van der Waals surface area contributed by atoms with Crippen molar-refractivity contribution in [2.45, 2.75) is 19.8 Å². The minimum atomic E-state index is -0.0838. The molecule has 0 atom stereocenters. The fourth-order valence-corrected chi connectivity index (χ4v) is 3.20. The summed E-state index contributed by atoms with van der Waals surface area (Å²) in [5.74, 6) is 0.628. The third kappa shape index (κ3) is 5.49. The van der Waals surface area contributed by atoms with E-state index in [0.717, 1.165) is 11.3 Å². The van der Waals surface area contributed by atoms with Crippen molar-refractivity contribution in [1.29, 1.82) is 0 Å². The van der Waals surface area contributed by atoms with Gasteiger partial charge < -0.3 is 10.1 Å². The van der Waals surface area contributed by atoms with Crippen molar-refractivity contribution in [3.05, 3.63) is 65.5 Å². The van der Waals surface area contributed by atoms with Gasteiger partial charge in [0.2, 0.25) is 5.91 Å². The summed E-state index contributed by atoms with van der Waals surface area (Å²) in [6.07, 6.45) is 0.947. The summed E-state index contributed by atoms with van der Waals surface area (Å²) in [5.41, 5.74) is 2.53. The minimum absolute atomic E-state index is 0.0239. The number of carbonyl (C=O) groups is 2. The normalized spacial score (nSPS) is 10.4. The van der Waals surface area contributed by atoms with Crippen LogP contribution in [0, 0.1) is 0 Å². The quantitative estimate of drug-likeness (QED) is 0.450. The number of ketones is 1. The molecule has 0 aliphatic heterocycles. The number of nitrogens with zero attached hydrogens (tertiary/aromatic N) is 1. The molecule has 1 amide bonds. The lowest BCUT2D eigenvalue weighted by molar-refractivity contribution is -0.116. The molecule has 1 heterocycles. The molecule has 1 N–H and O–H groups in total. The smallest absolute Gasteiger partial charge is 0.226 e. The highest BCUT2D eigenvalue weighted by molar-refractivity contribution is 7.14. The highest BCUT2D eigenvalue weighted by atomic mass is 32.1. The number of nitrogens with one attached hydrogen (secondary N) is 1. The summed E-state index contributed by atoms with van der Waals surface area (Å²) in [4.78, 5) is 27.7. The average Bonchev–Trinajstić information content (AvgIpc) is 3.15. The fraction of sp³-hybridized carbons (Fsp3) is 0.190. The Bertz CT molecular complexity index is 905. The SMILES string of the molecule is CC(=O)c1ccc(OCCCC(=O)Nc2nc(-c3ccccc3)cs2)cc1. The van der Waals surface area contributed by atoms with Crippen molar-refractivity contribution in [3.8, 4) is 17.0 Å². The van der Waals surface area contributed by atoms with Crippen molar-refractivity contribution in [2.24, 2.45) is 0 Å². The summed E-state index contributed by atoms with van der Waals surface area (Å²) in [6, 6.07) is 16.8. The molecule has 6 heteroatoms. The Balaban J connectivity index is 1.41. The van der Waals surface area contributed by atoms with Gasteiger partial charge in [-0.15, -0.1) is 11.3 Å². The number of anilines is 1. The summed E-state index contributed by atoms with van der Waals surface area (Å²) in [6.45, 7) is 1.96. The third-order valence-corrected chi connectivity index (χ3v) is 4.66. The number of ether oxygens (including phenoxy) is 1. The van der Waals surface area contributed by atoms with Crippen LogP contribution in [-0.4, -0.2) is 23.3 Å². The highest BCUT2D eigenvalue weighted by Gasteiger charge is 2.08. The number of amides is 1. The number of benzene rings is 2. The molecule has 1 aromatic heterocycles. The van der Waals surface area contributed by atoms with Crippen molar-refractivity contribution in [2.75, 3.05) is 11.9 Å². The molecule has 2 aromatic carbocycles. The van der Waals surface area contributed by atoms with E-state index in [0.29, 0.717) is 35.9 Å². The van der Waals surface area contributed by atoms with Crippen LogP contribution in [-0.2, 0) is 4.79 Å². The van der Waals surface area contributed by atoms with Gasteiger partial charge in [-0.25, -0.2) is 4.98 Å². The van der Waals surface area contributed by atoms with Crippen molar-refractivity contribution >= 4 is 28.2 Å². The lowest BCUT2D eigenvalue weighted by Crippen LogP contribution is -2.12. The Morgan fingerprint density at radius 2 is 1.81 bits per heavy atom. The van der Waals surface area contributed by atoms with Crippen molar-refractivity contribution < 1.29 is 14.3 Å². The molecule has 3 rings (SSSR count). The first-order chi connectivity index (χ1) is 13.1. The predicted octanol–water partition coefficient (Wildman–Crippen LogP) is 4.81. The molecule has 0 unspecified atom stereocenters. The van der Waals surface area contributed by atoms with Crippen LogP contribution in [0.1, 0.15) is 30.1 Å². The maximum Gasteiger partial charge on any atom is 0.226 e. The van der Waals surface area contributed by atoms with E-state index in [1.165, 1.54) is 18.3 Å². The molecule has 0 radical (unpaired) electrons. The molecular formula is C21H20N2O3S. The van der Waals surface area contributed by atoms with E-state index in [1.54, 1.807) is 24.3 Å². The van der Waals surface area contributed by atoms with Crippen LogP contribution in [0.2, 0.25) is 0 Å². The van der Waals surface area contributed by atoms with Gasteiger partial charge in [0.05, 0.1) is 12.3 Å². The highest BCUT2D eigenvalue weighted by Crippen LogP contribution is 2.24. The molecule has 27 heavy (non-hydrogen) atoms. The summed E-state index contributed by atoms with van der Waals surface area (Å²) in [5, 5.41) is 5.35. The van der Waals surface area contributed by atoms with Crippen LogP contribution in [0.4, 0.5) is 5.13 Å². The van der Waals surface area contributed by atoms with E-state index >= 15 is 0 Å². The molecule has 0 saturated heterocycles. The van der Waals surface area contributed by atoms with Gasteiger partial charge in [-0.3, -0.25) is 9.59 Å². The van der Waals surface area contributed by atoms with Gasteiger partial charge in [0.15, 0.2) is 10.9 Å². The second-order valence-electron chi connectivity index (χ2n) is 5.98. The van der Waals surface area contributed by atoms with Gasteiger partial charge in [0.1, 0.15) is 5.75 Å². The van der Waals surface area contributed by atoms with Gasteiger partial charge in [-0.2, -0.15) is 0 Å². The van der Waals surface area contributed by atoms with Gasteiger partial charge in [-0.05, 0) is 37.6 Å². The van der Waals surface area contributed by atoms with Gasteiger partial charge in [0, 0.05) is 22.9 Å². The van der Waals surface area contributed by atoms with Crippen LogP contribution in [0.15, 0.2) is 60.0 Å². The van der Waals surface area contributed by atoms with Gasteiger partial charge in [0.25, 0.3) is 0 Å². The van der Waals surface area contributed by atoms with Gasteiger partial charge in [-0.1, -0.05) is 30.3 Å². The molecule has 138 valence electrons. The zero-order valence-corrected chi connectivity index (χ0v) is 15.8. The van der Waals surface area contributed by atoms with Crippen LogP contribution < -0.4 is 10.1 Å². The summed E-state index contributed by atoms with van der Waals surface area (Å²) < 4.78 is 5.60. The first-order valence-corrected chi connectivity index (χ1v) is 9.54. The van der Waals surface area contributed by atoms with E-state index < -0.39 is 0 Å². The van der Waals surface area contributed by atoms with Crippen molar-refractivity contribution in [1.82, 2.24) is 4.98 Å². The maximum absolute atomic E-state index is 12.1. The fourth-order valence-electron chi connectivity index (χ4n) is 2.46. The lowest BCUT2D eigenvalue weighted by atomic mass is 10.1. The predicted molar refractivity (Wildman–Crippen MR) is 107 cm³/mol. The van der Waals surface area contributed by atoms with Crippen molar-refractivity contribution in [3.63, 3.8) is 0 Å². The largest absolute Gasteiger partial charge is 0.494 e. The Labute approximate surface area is 162 Å². The Morgan fingerprint density at radius 3 is 2.52 bits per heavy atom. The average molecular weight is 380 g/mol. The molecule has 0 aliphatic rings. The lowest BCUT2D eigenvalue weighted by Gasteiger charge is -2.06. The number of thiazole rings is 1. The molecule has 5 nitrogen and oxygen atoms in total. The second kappa shape index (κ2) is 9.09. The molecule has 0 spiro atoms. The Morgan fingerprint density at radius 1 is 1.07 bits per heavy atom. The van der Waals surface area contributed by atoms with Gasteiger partial charge >= 0.3 is 0 Å². The van der Waals surface area contributed by atoms with Crippen LogP contribution in [0.3, 0.4) is 0 Å². The number of hydrogen-bond donors (Lipinski definition) is 1. The van der Waals surface area contributed by atoms with E-state index in [2.05, 4.69) is 10.3 Å². The van der Waals surface area contributed by atoms with Crippen LogP contribution >= 0.6 is 11.3 Å². The molecule has 0 fully saturated rings. The monoisotopic (exact) mass is 380 g/mol. The number of aromatic nitrogens is 1. The number of carbonyl (C=O) groups excluding carboxylic acids is 2. The molecule has 0 bridgehead atoms. The zero-order valence-electron chi connectivity index (χ0n) is 15.0. The third-order valence-electron chi connectivity index (χ3n) is 3.90. The molecule has 3 aromatic rings. The standard InChI is InChI=1S/C21H20N2O3S/c1-15(24)16-9-11-18(12-10-16)26-13-5-8-20(25)23-21-22-19(14-27-21)17-6-3-2-4-7-17/h2-4,6-7,9-12,14H,5,8,13H2,1H3,(H,22,23,25). The first-order valence-electron chi connectivity index (χ1n) is 8.66. The van der Waals surface area contributed by atoms with E-state index in [-0.39, 0.29) is 11.7 Å². The van der Waals surface area contributed by atoms with E-state index in [9.17, 15) is 9.59 Å². The van der Waals surface area contributed by atoms with Crippen LogP contribution in [0.25, 0.3) is 11.3 Å². The van der Waals surface area contributed by atoms with E-state index in [4.69, 9.17) is 4.74 Å². The Kier molecular flexibility index (Phi) is 6.33. The molecule has 0 saturated carbocycles. The minimum Gasteiger partial charge on any atom is -0.494 e. The Hall–Kier alpha value is -2.99. The maximum atomic E-state index is 12.1. The zero-order chi connectivity index (χ0) is 19.1. The second-order valence-corrected chi connectivity index (χ2v) is 6.84. The number of rotatable bonds is 8. The number of Topliss-reactive ketones (excluding diaryl/α,β-unsaturated/α-hetero) is 1. The molecule has 0 aliphatic carbocycles. The summed E-state index contributed by atoms with van der Waals surface area (Å²) in [7, 11) is 0. The first kappa shape index (κ1) is 18.8. The summed E-state index contributed by atoms with van der Waals surface area (Å²) >= 11 is 1.41. The molecular weight excluding hydrogens is 360 g/mol. The van der Waals surface area contributed by atoms with E-state index in [1.807, 2.05) is 35.7 Å². The number of hydrogen-bond acceptors (Lipinski definition) is 5.